The molecular formula is C13H18F2. The fourth-order valence-corrected chi connectivity index (χ4v) is 0.999. The van der Waals surface area contributed by atoms with Gasteiger partial charge in [-0.15, -0.1) is 0 Å². The fraction of sp³-hybridized carbons (Fsp3) is 0.385. The van der Waals surface area contributed by atoms with Gasteiger partial charge < -0.3 is 0 Å². The minimum atomic E-state index is -0.794. The Hall–Kier alpha value is -1.18. The van der Waals surface area contributed by atoms with Gasteiger partial charge in [-0.1, -0.05) is 44.6 Å². The van der Waals surface area contributed by atoms with Crippen molar-refractivity contribution in [1.82, 2.24) is 0 Å². The average Bonchev–Trinajstić information content (AvgIpc) is 2.27. The van der Waals surface area contributed by atoms with Crippen LogP contribution in [0.15, 0.2) is 23.8 Å². The van der Waals surface area contributed by atoms with Gasteiger partial charge >= 0.3 is 0 Å². The van der Waals surface area contributed by atoms with Crippen molar-refractivity contribution in [3.8, 4) is 0 Å². The quantitative estimate of drug-likeness (QED) is 0.660. The van der Waals surface area contributed by atoms with E-state index in [9.17, 15) is 8.78 Å². The Labute approximate surface area is 90.6 Å². The van der Waals surface area contributed by atoms with Crippen molar-refractivity contribution < 1.29 is 8.78 Å². The van der Waals surface area contributed by atoms with Crippen molar-refractivity contribution in [2.75, 3.05) is 0 Å². The zero-order valence-corrected chi connectivity index (χ0v) is 9.77. The van der Waals surface area contributed by atoms with E-state index < -0.39 is 11.6 Å². The highest BCUT2D eigenvalue weighted by Gasteiger charge is 2.04. The maximum Gasteiger partial charge on any atom is 0.166 e. The van der Waals surface area contributed by atoms with Gasteiger partial charge in [0.2, 0.25) is 0 Å². The summed E-state index contributed by atoms with van der Waals surface area (Å²) in [6.45, 7) is 7.87. The number of benzene rings is 1. The highest BCUT2D eigenvalue weighted by molar-refractivity contribution is 5.52. The van der Waals surface area contributed by atoms with Gasteiger partial charge in [-0.25, -0.2) is 8.78 Å². The summed E-state index contributed by atoms with van der Waals surface area (Å²) in [5.74, 6) is -1.56. The second kappa shape index (κ2) is 7.16. The van der Waals surface area contributed by atoms with E-state index in [0.717, 1.165) is 18.1 Å². The van der Waals surface area contributed by atoms with Crippen LogP contribution >= 0.6 is 0 Å². The molecule has 0 heterocycles. The number of allylic oxidation sites excluding steroid dienone is 1. The molecule has 2 heteroatoms. The molecule has 0 amide bonds. The maximum absolute atomic E-state index is 13.1. The molecule has 1 aromatic rings. The molecule has 1 rings (SSSR count). The first-order chi connectivity index (χ1) is 7.15. The average molecular weight is 212 g/mol. The van der Waals surface area contributed by atoms with E-state index >= 15 is 0 Å². The summed E-state index contributed by atoms with van der Waals surface area (Å²) >= 11 is 0. The molecule has 0 radical (unpaired) electrons. The molecule has 0 spiro atoms. The smallest absolute Gasteiger partial charge is 0.166 e. The van der Waals surface area contributed by atoms with Gasteiger partial charge in [0.05, 0.1) is 0 Å². The van der Waals surface area contributed by atoms with Crippen molar-refractivity contribution in [1.29, 1.82) is 0 Å². The normalized spacial score (nSPS) is 10.7. The Kier molecular flexibility index (Phi) is 6.59. The van der Waals surface area contributed by atoms with Crippen molar-refractivity contribution in [2.45, 2.75) is 34.1 Å². The van der Waals surface area contributed by atoms with Crippen LogP contribution in [-0.2, 0) is 0 Å². The van der Waals surface area contributed by atoms with Crippen LogP contribution in [0.3, 0.4) is 0 Å². The van der Waals surface area contributed by atoms with E-state index in [-0.39, 0.29) is 0 Å². The largest absolute Gasteiger partial charge is 0.204 e. The first-order valence-electron chi connectivity index (χ1n) is 5.26. The van der Waals surface area contributed by atoms with Gasteiger partial charge in [0, 0.05) is 5.56 Å². The lowest BCUT2D eigenvalue weighted by atomic mass is 10.1. The van der Waals surface area contributed by atoms with Gasteiger partial charge in [0.15, 0.2) is 11.6 Å². The minimum absolute atomic E-state index is 0.319. The summed E-state index contributed by atoms with van der Waals surface area (Å²) in [4.78, 5) is 0. The minimum Gasteiger partial charge on any atom is -0.204 e. The van der Waals surface area contributed by atoms with Crippen LogP contribution in [0, 0.1) is 11.6 Å². The molecule has 0 aliphatic carbocycles. The van der Waals surface area contributed by atoms with Gasteiger partial charge in [-0.05, 0) is 19.4 Å². The third-order valence-corrected chi connectivity index (χ3v) is 1.94. The molecule has 0 N–H and O–H groups in total. The number of rotatable bonds is 2. The van der Waals surface area contributed by atoms with Gasteiger partial charge in [0.1, 0.15) is 0 Å². The van der Waals surface area contributed by atoms with Crippen LogP contribution in [0.1, 0.15) is 39.7 Å². The number of hydrogen-bond acceptors (Lipinski definition) is 0. The van der Waals surface area contributed by atoms with Crippen LogP contribution in [0.25, 0.3) is 6.08 Å². The van der Waals surface area contributed by atoms with Crippen LogP contribution in [0.2, 0.25) is 0 Å². The molecule has 84 valence electrons. The summed E-state index contributed by atoms with van der Waals surface area (Å²) in [6.07, 6.45) is 2.51. The van der Waals surface area contributed by atoms with E-state index in [4.69, 9.17) is 0 Å². The van der Waals surface area contributed by atoms with Crippen molar-refractivity contribution in [3.05, 3.63) is 41.0 Å². The highest BCUT2D eigenvalue weighted by Crippen LogP contribution is 2.15. The predicted molar refractivity (Wildman–Crippen MR) is 61.6 cm³/mol. The molecular weight excluding hydrogens is 194 g/mol. The van der Waals surface area contributed by atoms with E-state index in [2.05, 4.69) is 0 Å². The molecule has 0 fully saturated rings. The summed E-state index contributed by atoms with van der Waals surface area (Å²) in [5, 5.41) is 0. The Morgan fingerprint density at radius 3 is 2.40 bits per heavy atom. The molecule has 0 aliphatic rings. The third-order valence-electron chi connectivity index (χ3n) is 1.94. The Balaban J connectivity index is 0.000000921. The second-order valence-corrected chi connectivity index (χ2v) is 2.99. The molecule has 0 aliphatic heterocycles. The topological polar surface area (TPSA) is 0 Å². The fourth-order valence-electron chi connectivity index (χ4n) is 0.999. The summed E-state index contributed by atoms with van der Waals surface area (Å²) < 4.78 is 25.8. The second-order valence-electron chi connectivity index (χ2n) is 2.99. The molecule has 0 nitrogen and oxygen atoms in total. The van der Waals surface area contributed by atoms with Crippen molar-refractivity contribution in [2.24, 2.45) is 0 Å². The summed E-state index contributed by atoms with van der Waals surface area (Å²) in [6, 6.07) is 4.19. The van der Waals surface area contributed by atoms with Gasteiger partial charge in [0.25, 0.3) is 0 Å². The molecule has 0 saturated heterocycles. The number of hydrogen-bond donors (Lipinski definition) is 0. The maximum atomic E-state index is 13.1. The third kappa shape index (κ3) is 4.24. The zero-order valence-electron chi connectivity index (χ0n) is 9.77. The molecule has 0 bridgehead atoms. The molecule has 1 aromatic carbocycles. The standard InChI is InChI=1S/C11H12F2.C2H6/c1-3-8(2)7-9-5-4-6-10(12)11(9)13;1-2/h4-7H,3H2,1-2H3;1-2H3/b8-7-;. The van der Waals surface area contributed by atoms with Crippen molar-refractivity contribution >= 4 is 6.08 Å². The van der Waals surface area contributed by atoms with Crippen molar-refractivity contribution in [3.63, 3.8) is 0 Å². The molecule has 0 aromatic heterocycles. The van der Waals surface area contributed by atoms with Crippen LogP contribution in [0.5, 0.6) is 0 Å². The Morgan fingerprint density at radius 2 is 1.87 bits per heavy atom. The van der Waals surface area contributed by atoms with E-state index in [1.165, 1.54) is 6.07 Å². The lowest BCUT2D eigenvalue weighted by Gasteiger charge is -1.99. The number of halogens is 2. The molecule has 0 unspecified atom stereocenters. The predicted octanol–water partition coefficient (Wildman–Crippen LogP) is 4.80. The lowest BCUT2D eigenvalue weighted by molar-refractivity contribution is 0.507. The van der Waals surface area contributed by atoms with E-state index in [1.54, 1.807) is 12.1 Å². The lowest BCUT2D eigenvalue weighted by Crippen LogP contribution is -1.88. The van der Waals surface area contributed by atoms with Crippen LogP contribution < -0.4 is 0 Å². The summed E-state index contributed by atoms with van der Waals surface area (Å²) in [7, 11) is 0. The summed E-state index contributed by atoms with van der Waals surface area (Å²) in [5.41, 5.74) is 1.35. The highest BCUT2D eigenvalue weighted by atomic mass is 19.2. The molecule has 15 heavy (non-hydrogen) atoms. The molecule has 0 atom stereocenters. The van der Waals surface area contributed by atoms with E-state index in [1.807, 2.05) is 27.7 Å². The zero-order chi connectivity index (χ0) is 11.8. The first-order valence-corrected chi connectivity index (χ1v) is 5.26. The van der Waals surface area contributed by atoms with Gasteiger partial charge in [-0.3, -0.25) is 0 Å². The SMILES string of the molecule is CC.CC/C(C)=C\c1cccc(F)c1F. The van der Waals surface area contributed by atoms with Gasteiger partial charge in [-0.2, -0.15) is 0 Å². The first kappa shape index (κ1) is 13.8. The van der Waals surface area contributed by atoms with Crippen LogP contribution in [-0.4, -0.2) is 0 Å². The van der Waals surface area contributed by atoms with Crippen LogP contribution in [0.4, 0.5) is 8.78 Å². The molecule has 0 saturated carbocycles. The van der Waals surface area contributed by atoms with E-state index in [0.29, 0.717) is 5.56 Å². The monoisotopic (exact) mass is 212 g/mol. The Bertz CT molecular complexity index is 327. The Morgan fingerprint density at radius 1 is 1.27 bits per heavy atom.